The first kappa shape index (κ1) is 24.5. The number of hydrogen-bond acceptors (Lipinski definition) is 4. The fourth-order valence-electron chi connectivity index (χ4n) is 3.59. The molecule has 0 amide bonds. The lowest BCUT2D eigenvalue weighted by atomic mass is 9.89. The summed E-state index contributed by atoms with van der Waals surface area (Å²) in [5.41, 5.74) is -1.77. The Labute approximate surface area is 200 Å². The van der Waals surface area contributed by atoms with E-state index in [-0.39, 0.29) is 5.69 Å². The number of aromatic nitrogens is 2. The lowest BCUT2D eigenvalue weighted by molar-refractivity contribution is -0.0429. The van der Waals surface area contributed by atoms with Crippen LogP contribution >= 0.6 is 0 Å². The highest BCUT2D eigenvalue weighted by atomic mass is 32.2. The Kier molecular flexibility index (Phi) is 6.20. The summed E-state index contributed by atoms with van der Waals surface area (Å²) in [5, 5.41) is 10.5. The zero-order valence-electron chi connectivity index (χ0n) is 18.8. The summed E-state index contributed by atoms with van der Waals surface area (Å²) in [6.45, 7) is 3.47. The Morgan fingerprint density at radius 1 is 0.971 bits per heavy atom. The summed E-state index contributed by atoms with van der Waals surface area (Å²) in [4.78, 5) is 7.73. The molecule has 0 atom stereocenters. The molecular formula is C25H22F3N3O3S. The van der Waals surface area contributed by atoms with E-state index in [0.29, 0.717) is 11.4 Å². The van der Waals surface area contributed by atoms with Crippen molar-refractivity contribution in [2.24, 2.45) is 0 Å². The van der Waals surface area contributed by atoms with Crippen molar-refractivity contribution in [2.45, 2.75) is 25.0 Å². The number of alkyl halides is 3. The van der Waals surface area contributed by atoms with Crippen LogP contribution in [0.3, 0.4) is 0 Å². The van der Waals surface area contributed by atoms with Crippen LogP contribution < -0.4 is 4.72 Å². The third-order valence-corrected chi connectivity index (χ3v) is 6.41. The maximum absolute atomic E-state index is 12.5. The minimum Gasteiger partial charge on any atom is -0.386 e. The van der Waals surface area contributed by atoms with Crippen molar-refractivity contribution < 1.29 is 26.7 Å². The van der Waals surface area contributed by atoms with Crippen molar-refractivity contribution in [3.8, 4) is 11.1 Å². The minimum atomic E-state index is -5.47. The second kappa shape index (κ2) is 8.86. The molecule has 0 saturated carbocycles. The first-order chi connectivity index (χ1) is 16.3. The molecule has 3 aromatic carbocycles. The highest BCUT2D eigenvalue weighted by Gasteiger charge is 2.46. The molecule has 0 saturated heterocycles. The van der Waals surface area contributed by atoms with Crippen LogP contribution in [0.2, 0.25) is 0 Å². The van der Waals surface area contributed by atoms with E-state index in [2.05, 4.69) is 9.97 Å². The van der Waals surface area contributed by atoms with Crippen molar-refractivity contribution in [1.82, 2.24) is 9.97 Å². The summed E-state index contributed by atoms with van der Waals surface area (Å²) < 4.78 is 61.4. The van der Waals surface area contributed by atoms with Crippen LogP contribution in [0, 0.1) is 0 Å². The summed E-state index contributed by atoms with van der Waals surface area (Å²) in [5.74, 6) is 0.565. The van der Waals surface area contributed by atoms with Gasteiger partial charge in [0.1, 0.15) is 5.82 Å². The second-order valence-electron chi connectivity index (χ2n) is 8.47. The number of imidazole rings is 1. The van der Waals surface area contributed by atoms with Crippen LogP contribution in [0.5, 0.6) is 0 Å². The van der Waals surface area contributed by atoms with Gasteiger partial charge in [-0.05, 0) is 66.4 Å². The van der Waals surface area contributed by atoms with Gasteiger partial charge < -0.3 is 10.1 Å². The van der Waals surface area contributed by atoms with Crippen molar-refractivity contribution in [2.75, 3.05) is 4.72 Å². The summed E-state index contributed by atoms with van der Waals surface area (Å²) in [7, 11) is -5.47. The van der Waals surface area contributed by atoms with E-state index in [4.69, 9.17) is 0 Å². The number of anilines is 1. The van der Waals surface area contributed by atoms with Gasteiger partial charge in [0, 0.05) is 5.69 Å². The molecule has 4 aromatic rings. The monoisotopic (exact) mass is 501 g/mol. The highest BCUT2D eigenvalue weighted by molar-refractivity contribution is 7.93. The Morgan fingerprint density at radius 3 is 2.31 bits per heavy atom. The number of hydrogen-bond donors (Lipinski definition) is 3. The molecule has 0 aliphatic heterocycles. The zero-order chi connectivity index (χ0) is 25.4. The van der Waals surface area contributed by atoms with E-state index in [1.54, 1.807) is 26.0 Å². The van der Waals surface area contributed by atoms with Crippen molar-refractivity contribution in [1.29, 1.82) is 0 Å². The number of rotatable bonds is 6. The normalized spacial score (nSPS) is 13.0. The van der Waals surface area contributed by atoms with E-state index in [9.17, 15) is 26.7 Å². The van der Waals surface area contributed by atoms with Crippen LogP contribution in [-0.4, -0.2) is 29.0 Å². The first-order valence-corrected chi connectivity index (χ1v) is 12.0. The van der Waals surface area contributed by atoms with Crippen LogP contribution in [-0.2, 0) is 15.6 Å². The number of fused-ring (bicyclic) bond motifs is 1. The van der Waals surface area contributed by atoms with E-state index < -0.39 is 21.1 Å². The lowest BCUT2D eigenvalue weighted by Crippen LogP contribution is -2.29. The van der Waals surface area contributed by atoms with Gasteiger partial charge in [-0.3, -0.25) is 4.72 Å². The molecule has 0 aliphatic carbocycles. The average molecular weight is 502 g/mol. The van der Waals surface area contributed by atoms with Gasteiger partial charge in [0.15, 0.2) is 0 Å². The molecular weight excluding hydrogens is 479 g/mol. The average Bonchev–Trinajstić information content (AvgIpc) is 3.19. The molecule has 3 N–H and O–H groups in total. The number of benzene rings is 3. The minimum absolute atomic E-state index is 0.193. The highest BCUT2D eigenvalue weighted by Crippen LogP contribution is 2.33. The molecule has 0 radical (unpaired) electrons. The Bertz CT molecular complexity index is 1500. The van der Waals surface area contributed by atoms with Gasteiger partial charge in [-0.25, -0.2) is 4.98 Å². The van der Waals surface area contributed by atoms with Gasteiger partial charge in [0.2, 0.25) is 0 Å². The number of halogens is 3. The molecule has 0 bridgehead atoms. The summed E-state index contributed by atoms with van der Waals surface area (Å²) in [6, 6.07) is 18.8. The van der Waals surface area contributed by atoms with Crippen molar-refractivity contribution in [3.05, 3.63) is 83.7 Å². The van der Waals surface area contributed by atoms with Crippen LogP contribution in [0.4, 0.5) is 18.9 Å². The first-order valence-electron chi connectivity index (χ1n) is 10.5. The fraction of sp³-hybridized carbons (Fsp3) is 0.160. The van der Waals surface area contributed by atoms with Gasteiger partial charge in [-0.1, -0.05) is 48.5 Å². The van der Waals surface area contributed by atoms with Crippen molar-refractivity contribution >= 4 is 38.9 Å². The number of aromatic amines is 1. The number of aliphatic hydroxyl groups is 1. The van der Waals surface area contributed by atoms with E-state index >= 15 is 0 Å². The van der Waals surface area contributed by atoms with Gasteiger partial charge in [-0.2, -0.15) is 21.6 Å². The molecule has 1 aromatic heterocycles. The SMILES string of the molecule is CC(C)(O)c1ccccc1-c1ccc2nc(/C=C/c3ccc(NS(=O)(=O)C(F)(F)F)cc3)[nH]c2c1. The molecule has 35 heavy (non-hydrogen) atoms. The van der Waals surface area contributed by atoms with Gasteiger partial charge in [0.05, 0.1) is 16.6 Å². The maximum Gasteiger partial charge on any atom is 0.516 e. The van der Waals surface area contributed by atoms with Gasteiger partial charge in [-0.15, -0.1) is 0 Å². The van der Waals surface area contributed by atoms with Crippen LogP contribution in [0.25, 0.3) is 34.3 Å². The lowest BCUT2D eigenvalue weighted by Gasteiger charge is -2.21. The number of nitrogens with zero attached hydrogens (tertiary/aromatic N) is 1. The molecule has 0 unspecified atom stereocenters. The van der Waals surface area contributed by atoms with Crippen LogP contribution in [0.15, 0.2) is 66.7 Å². The Morgan fingerprint density at radius 2 is 1.66 bits per heavy atom. The summed E-state index contributed by atoms with van der Waals surface area (Å²) >= 11 is 0. The smallest absolute Gasteiger partial charge is 0.386 e. The maximum atomic E-state index is 12.5. The van der Waals surface area contributed by atoms with E-state index in [1.807, 2.05) is 42.5 Å². The predicted octanol–water partition coefficient (Wildman–Crippen LogP) is 5.89. The molecule has 0 fully saturated rings. The zero-order valence-corrected chi connectivity index (χ0v) is 19.6. The molecule has 6 nitrogen and oxygen atoms in total. The third-order valence-electron chi connectivity index (χ3n) is 5.30. The molecule has 1 heterocycles. The molecule has 10 heteroatoms. The molecule has 0 aliphatic rings. The standard InChI is InChI=1S/C25H22F3N3O3S/c1-24(2,32)20-6-4-3-5-19(20)17-10-13-21-22(15-17)30-23(29-21)14-9-16-7-11-18(12-8-16)31-35(33,34)25(26,27)28/h3-15,31-32H,1-2H3,(H,29,30)/b14-9+. The van der Waals surface area contributed by atoms with Gasteiger partial charge >= 0.3 is 15.5 Å². The fourth-order valence-corrected chi connectivity index (χ4v) is 4.16. The number of sulfonamides is 1. The number of nitrogens with one attached hydrogen (secondary N) is 2. The summed E-state index contributed by atoms with van der Waals surface area (Å²) in [6.07, 6.45) is 3.41. The predicted molar refractivity (Wildman–Crippen MR) is 131 cm³/mol. The molecule has 4 rings (SSSR count). The Balaban J connectivity index is 1.55. The molecule has 182 valence electrons. The Hall–Kier alpha value is -3.63. The number of H-pyrrole nitrogens is 1. The quantitative estimate of drug-likeness (QED) is 0.307. The van der Waals surface area contributed by atoms with Gasteiger partial charge in [0.25, 0.3) is 0 Å². The van der Waals surface area contributed by atoms with Crippen molar-refractivity contribution in [3.63, 3.8) is 0 Å². The van der Waals surface area contributed by atoms with E-state index in [1.165, 1.54) is 29.0 Å². The molecule has 0 spiro atoms. The third kappa shape index (κ3) is 5.39. The largest absolute Gasteiger partial charge is 0.516 e. The topological polar surface area (TPSA) is 95.1 Å². The van der Waals surface area contributed by atoms with Crippen LogP contribution in [0.1, 0.15) is 30.8 Å². The second-order valence-corrected chi connectivity index (χ2v) is 10.1. The van der Waals surface area contributed by atoms with E-state index in [0.717, 1.165) is 27.7 Å².